The number of nitrogens with one attached hydrogen (secondary N) is 1. The van der Waals surface area contributed by atoms with Gasteiger partial charge in [-0.15, -0.1) is 0 Å². The van der Waals surface area contributed by atoms with Crippen LogP contribution in [0.3, 0.4) is 0 Å². The maximum Gasteiger partial charge on any atom is 0.231 e. The van der Waals surface area contributed by atoms with Crippen molar-refractivity contribution in [2.45, 2.75) is 0 Å². The zero-order valence-corrected chi connectivity index (χ0v) is 8.36. The Balaban J connectivity index is 0.000000500. The summed E-state index contributed by atoms with van der Waals surface area (Å²) in [4.78, 5) is 17.1. The zero-order valence-electron chi connectivity index (χ0n) is 7.36. The van der Waals surface area contributed by atoms with Gasteiger partial charge in [0.15, 0.2) is 0 Å². The summed E-state index contributed by atoms with van der Waals surface area (Å²) in [5, 5.41) is 5.72. The van der Waals surface area contributed by atoms with E-state index in [2.05, 4.69) is 6.58 Å². The normalized spacial score (nSPS) is 10.4. The molecule has 0 saturated carbocycles. The summed E-state index contributed by atoms with van der Waals surface area (Å²) in [6, 6.07) is 9.00. The largest absolute Gasteiger partial charge is 0.343 e. The fourth-order valence-electron chi connectivity index (χ4n) is 0.763. The Bertz CT molecular complexity index is 356. The highest BCUT2D eigenvalue weighted by atomic mass is 31.1. The maximum atomic E-state index is 10.6. The van der Waals surface area contributed by atoms with E-state index in [1.165, 1.54) is 0 Å². The topological polar surface area (TPSA) is 78.2 Å². The van der Waals surface area contributed by atoms with Crippen molar-refractivity contribution in [2.75, 3.05) is 0 Å². The molecule has 5 heteroatoms. The lowest BCUT2D eigenvalue weighted by Crippen LogP contribution is -1.74. The van der Waals surface area contributed by atoms with Crippen LogP contribution in [0.5, 0.6) is 0 Å². The average molecular weight is 211 g/mol. The minimum Gasteiger partial charge on any atom is -0.343 e. The predicted molar refractivity (Wildman–Crippen MR) is 55.1 cm³/mol. The Labute approximate surface area is 82.3 Å². The van der Waals surface area contributed by atoms with Crippen LogP contribution in [0, 0.1) is 5.41 Å². The van der Waals surface area contributed by atoms with Crippen LogP contribution in [0.25, 0.3) is 5.31 Å². The number of benzene rings is 1. The SMILES string of the molecule is C=C(c1ccccc1)[PH](=O)O.N=C=O. The first-order valence-electron chi connectivity index (χ1n) is 3.65. The lowest BCUT2D eigenvalue weighted by molar-refractivity contribution is 0.514. The highest BCUT2D eigenvalue weighted by Crippen LogP contribution is 2.33. The third-order valence-corrected chi connectivity index (χ3v) is 2.19. The molecular formula is C9H10NO3P. The first kappa shape index (κ1) is 12.5. The molecule has 0 amide bonds. The van der Waals surface area contributed by atoms with Gasteiger partial charge in [-0.1, -0.05) is 36.9 Å². The number of hydrogen-bond donors (Lipinski definition) is 2. The van der Waals surface area contributed by atoms with Crippen molar-refractivity contribution in [3.63, 3.8) is 0 Å². The van der Waals surface area contributed by atoms with Gasteiger partial charge in [-0.2, -0.15) is 0 Å². The van der Waals surface area contributed by atoms with Gasteiger partial charge in [-0.25, -0.2) is 10.2 Å². The van der Waals surface area contributed by atoms with Gasteiger partial charge in [0.2, 0.25) is 14.1 Å². The van der Waals surface area contributed by atoms with Crippen LogP contribution in [-0.2, 0) is 9.36 Å². The van der Waals surface area contributed by atoms with E-state index in [0.717, 1.165) is 11.6 Å². The molecule has 0 radical (unpaired) electrons. The molecule has 1 unspecified atom stereocenters. The summed E-state index contributed by atoms with van der Waals surface area (Å²) in [6.45, 7) is 3.51. The number of carbonyl (C=O) groups excluding carboxylic acids is 1. The average Bonchev–Trinajstić information content (AvgIpc) is 2.19. The number of isocyanates is 1. The second kappa shape index (κ2) is 6.98. The second-order valence-corrected chi connectivity index (χ2v) is 3.47. The summed E-state index contributed by atoms with van der Waals surface area (Å²) in [5.74, 6) is 0. The molecule has 0 aliphatic carbocycles. The van der Waals surface area contributed by atoms with Crippen LogP contribution in [0.1, 0.15) is 5.56 Å². The Morgan fingerprint density at radius 1 is 1.43 bits per heavy atom. The standard InChI is InChI=1S/C8H9O2P.CHNO/c1-7(11(9)10)8-5-3-2-4-6-8;2-1-3/h2-6,11H,1H2,(H,9,10);2H. The van der Waals surface area contributed by atoms with E-state index >= 15 is 0 Å². The van der Waals surface area contributed by atoms with Gasteiger partial charge in [-0.3, -0.25) is 4.57 Å². The van der Waals surface area contributed by atoms with Crippen LogP contribution in [0.4, 0.5) is 0 Å². The molecule has 1 atom stereocenters. The second-order valence-electron chi connectivity index (χ2n) is 2.25. The fourth-order valence-corrected chi connectivity index (χ4v) is 1.18. The molecule has 0 bridgehead atoms. The van der Waals surface area contributed by atoms with Crippen LogP contribution in [-0.4, -0.2) is 11.0 Å². The van der Waals surface area contributed by atoms with Gasteiger partial charge in [0, 0.05) is 5.31 Å². The summed E-state index contributed by atoms with van der Waals surface area (Å²) in [6.07, 6.45) is 0.750. The van der Waals surface area contributed by atoms with E-state index in [1.807, 2.05) is 18.2 Å². The lowest BCUT2D eigenvalue weighted by Gasteiger charge is -1.98. The van der Waals surface area contributed by atoms with Gasteiger partial charge < -0.3 is 4.89 Å². The molecule has 1 aromatic rings. The molecular weight excluding hydrogens is 201 g/mol. The molecule has 74 valence electrons. The van der Waals surface area contributed by atoms with Crippen LogP contribution >= 0.6 is 8.03 Å². The summed E-state index contributed by atoms with van der Waals surface area (Å²) < 4.78 is 10.6. The Hall–Kier alpha value is -1.47. The van der Waals surface area contributed by atoms with E-state index in [1.54, 1.807) is 12.1 Å². The van der Waals surface area contributed by atoms with E-state index in [0.29, 0.717) is 5.31 Å². The van der Waals surface area contributed by atoms with Crippen molar-refractivity contribution in [1.82, 2.24) is 0 Å². The minimum atomic E-state index is -2.61. The highest BCUT2D eigenvalue weighted by Gasteiger charge is 2.01. The van der Waals surface area contributed by atoms with E-state index in [-0.39, 0.29) is 0 Å². The van der Waals surface area contributed by atoms with Gasteiger partial charge in [0.05, 0.1) is 0 Å². The molecule has 0 aliphatic rings. The quantitative estimate of drug-likeness (QED) is 0.446. The van der Waals surface area contributed by atoms with Crippen molar-refractivity contribution in [1.29, 1.82) is 5.41 Å². The number of hydrogen-bond acceptors (Lipinski definition) is 3. The van der Waals surface area contributed by atoms with Crippen molar-refractivity contribution < 1.29 is 14.3 Å². The molecule has 0 saturated heterocycles. The van der Waals surface area contributed by atoms with Crippen molar-refractivity contribution in [3.05, 3.63) is 42.5 Å². The lowest BCUT2D eigenvalue weighted by atomic mass is 10.2. The molecule has 0 aliphatic heterocycles. The molecule has 4 nitrogen and oxygen atoms in total. The number of rotatable bonds is 2. The predicted octanol–water partition coefficient (Wildman–Crippen LogP) is 2.03. The molecule has 0 fully saturated rings. The molecule has 0 heterocycles. The zero-order chi connectivity index (χ0) is 11.0. The third kappa shape index (κ3) is 4.53. The molecule has 0 aromatic heterocycles. The Kier molecular flexibility index (Phi) is 6.25. The minimum absolute atomic E-state index is 0.315. The van der Waals surface area contributed by atoms with E-state index in [4.69, 9.17) is 15.1 Å². The van der Waals surface area contributed by atoms with Crippen LogP contribution in [0.15, 0.2) is 36.9 Å². The van der Waals surface area contributed by atoms with Gasteiger partial charge in [0.25, 0.3) is 0 Å². The molecule has 14 heavy (non-hydrogen) atoms. The fraction of sp³-hybridized carbons (Fsp3) is 0. The summed E-state index contributed by atoms with van der Waals surface area (Å²) in [5.41, 5.74) is 0.735. The third-order valence-electron chi connectivity index (χ3n) is 1.38. The summed E-state index contributed by atoms with van der Waals surface area (Å²) >= 11 is 0. The van der Waals surface area contributed by atoms with Gasteiger partial charge >= 0.3 is 0 Å². The van der Waals surface area contributed by atoms with E-state index < -0.39 is 8.03 Å². The van der Waals surface area contributed by atoms with Crippen LogP contribution in [0.2, 0.25) is 0 Å². The molecule has 1 aromatic carbocycles. The highest BCUT2D eigenvalue weighted by molar-refractivity contribution is 7.50. The van der Waals surface area contributed by atoms with E-state index in [9.17, 15) is 4.57 Å². The molecule has 0 spiro atoms. The molecule has 2 N–H and O–H groups in total. The first-order valence-corrected chi connectivity index (χ1v) is 5.00. The smallest absolute Gasteiger partial charge is 0.231 e. The first-order chi connectivity index (χ1) is 6.63. The Morgan fingerprint density at radius 3 is 2.21 bits per heavy atom. The van der Waals surface area contributed by atoms with Crippen molar-refractivity contribution in [2.24, 2.45) is 0 Å². The molecule has 1 rings (SSSR count). The van der Waals surface area contributed by atoms with Crippen LogP contribution < -0.4 is 0 Å². The maximum absolute atomic E-state index is 10.6. The van der Waals surface area contributed by atoms with Gasteiger partial charge in [0.1, 0.15) is 0 Å². The van der Waals surface area contributed by atoms with Crippen molar-refractivity contribution in [3.8, 4) is 0 Å². The van der Waals surface area contributed by atoms with Gasteiger partial charge in [-0.05, 0) is 5.56 Å². The summed E-state index contributed by atoms with van der Waals surface area (Å²) in [7, 11) is -2.61. The van der Waals surface area contributed by atoms with Crippen molar-refractivity contribution >= 4 is 19.4 Å². The Morgan fingerprint density at radius 2 is 1.86 bits per heavy atom. The monoisotopic (exact) mass is 211 g/mol.